The maximum absolute atomic E-state index is 11.9. The maximum Gasteiger partial charge on any atom is 0.254 e. The van der Waals surface area contributed by atoms with Gasteiger partial charge in [0.25, 0.3) is 5.91 Å². The fourth-order valence-electron chi connectivity index (χ4n) is 1.82. The highest BCUT2D eigenvalue weighted by Crippen LogP contribution is 2.23. The summed E-state index contributed by atoms with van der Waals surface area (Å²) < 4.78 is 6.29. The first kappa shape index (κ1) is 12.5. The van der Waals surface area contributed by atoms with Crippen molar-refractivity contribution in [1.29, 1.82) is 0 Å². The largest absolute Gasteiger partial charge is 0.365 e. The molecule has 0 aliphatic carbocycles. The number of rotatable bonds is 2. The van der Waals surface area contributed by atoms with Gasteiger partial charge < -0.3 is 10.1 Å². The summed E-state index contributed by atoms with van der Waals surface area (Å²) in [6.45, 7) is 3.93. The Morgan fingerprint density at radius 2 is 2.35 bits per heavy atom. The molecule has 2 heterocycles. The summed E-state index contributed by atoms with van der Waals surface area (Å²) in [5, 5.41) is 2.78. The Kier molecular flexibility index (Phi) is 3.79. The van der Waals surface area contributed by atoms with E-state index >= 15 is 0 Å². The highest BCUT2D eigenvalue weighted by Gasteiger charge is 2.28. The molecule has 1 aliphatic rings. The van der Waals surface area contributed by atoms with Crippen LogP contribution < -0.4 is 5.32 Å². The summed E-state index contributed by atoms with van der Waals surface area (Å²) in [7, 11) is 0. The van der Waals surface area contributed by atoms with Crippen LogP contribution in [0.4, 0.5) is 5.82 Å². The lowest BCUT2D eigenvalue weighted by atomic mass is 10.2. The van der Waals surface area contributed by atoms with Crippen molar-refractivity contribution < 1.29 is 9.53 Å². The van der Waals surface area contributed by atoms with Crippen molar-refractivity contribution in [1.82, 2.24) is 4.98 Å². The zero-order valence-electron chi connectivity index (χ0n) is 9.87. The van der Waals surface area contributed by atoms with Crippen LogP contribution in [0.15, 0.2) is 16.7 Å². The Morgan fingerprint density at radius 3 is 2.94 bits per heavy atom. The van der Waals surface area contributed by atoms with E-state index in [4.69, 9.17) is 4.74 Å². The molecule has 0 aromatic carbocycles. The smallest absolute Gasteiger partial charge is 0.254 e. The maximum atomic E-state index is 11.9. The van der Waals surface area contributed by atoms with E-state index in [1.54, 1.807) is 6.20 Å². The Morgan fingerprint density at radius 1 is 1.59 bits per heavy atom. The van der Waals surface area contributed by atoms with E-state index in [0.717, 1.165) is 22.9 Å². The van der Waals surface area contributed by atoms with Gasteiger partial charge >= 0.3 is 0 Å². The number of aromatic nitrogens is 1. The monoisotopic (exact) mass is 298 g/mol. The fourth-order valence-corrected chi connectivity index (χ4v) is 2.38. The second-order valence-corrected chi connectivity index (χ2v) is 5.20. The van der Waals surface area contributed by atoms with Gasteiger partial charge in [0, 0.05) is 6.20 Å². The minimum Gasteiger partial charge on any atom is -0.365 e. The number of pyridine rings is 1. The van der Waals surface area contributed by atoms with Gasteiger partial charge in [0.15, 0.2) is 0 Å². The summed E-state index contributed by atoms with van der Waals surface area (Å²) >= 11 is 3.38. The number of halogens is 1. The van der Waals surface area contributed by atoms with Gasteiger partial charge in [-0.15, -0.1) is 0 Å². The van der Waals surface area contributed by atoms with Gasteiger partial charge in [-0.1, -0.05) is 0 Å². The molecule has 0 unspecified atom stereocenters. The Balaban J connectivity index is 2.03. The number of aryl methyl sites for hydroxylation is 1. The number of anilines is 1. The first-order valence-electron chi connectivity index (χ1n) is 5.64. The van der Waals surface area contributed by atoms with Crippen LogP contribution in [0.2, 0.25) is 0 Å². The van der Waals surface area contributed by atoms with Gasteiger partial charge in [0.2, 0.25) is 0 Å². The molecular formula is C12H15BrN2O2. The average Bonchev–Trinajstić information content (AvgIpc) is 2.69. The second kappa shape index (κ2) is 5.14. The SMILES string of the molecule is Cc1cnc(NC(=O)[C@@H]2CC[C@@H](C)O2)c(Br)c1. The molecule has 0 spiro atoms. The molecule has 0 saturated carbocycles. The number of nitrogens with zero attached hydrogens (tertiary/aromatic N) is 1. The first-order valence-corrected chi connectivity index (χ1v) is 6.44. The molecule has 1 amide bonds. The lowest BCUT2D eigenvalue weighted by Gasteiger charge is -2.12. The summed E-state index contributed by atoms with van der Waals surface area (Å²) in [5.41, 5.74) is 1.04. The average molecular weight is 299 g/mol. The number of carbonyl (C=O) groups excluding carboxylic acids is 1. The highest BCUT2D eigenvalue weighted by atomic mass is 79.9. The second-order valence-electron chi connectivity index (χ2n) is 4.35. The number of nitrogens with one attached hydrogen (secondary N) is 1. The van der Waals surface area contributed by atoms with Crippen LogP contribution in [0.3, 0.4) is 0 Å². The summed E-state index contributed by atoms with van der Waals surface area (Å²) in [4.78, 5) is 16.1. The van der Waals surface area contributed by atoms with Crippen LogP contribution in [0.25, 0.3) is 0 Å². The molecule has 1 saturated heterocycles. The molecular weight excluding hydrogens is 284 g/mol. The molecule has 1 fully saturated rings. The lowest BCUT2D eigenvalue weighted by molar-refractivity contribution is -0.126. The Labute approximate surface area is 109 Å². The third-order valence-corrected chi connectivity index (χ3v) is 3.35. The molecule has 1 aromatic heterocycles. The quantitative estimate of drug-likeness (QED) is 0.913. The van der Waals surface area contributed by atoms with Crippen LogP contribution in [0.5, 0.6) is 0 Å². The molecule has 0 bridgehead atoms. The van der Waals surface area contributed by atoms with Gasteiger partial charge in [-0.3, -0.25) is 4.79 Å². The molecule has 5 heteroatoms. The Hall–Kier alpha value is -0.940. The van der Waals surface area contributed by atoms with E-state index in [0.29, 0.717) is 5.82 Å². The number of ether oxygens (including phenoxy) is 1. The molecule has 92 valence electrons. The van der Waals surface area contributed by atoms with Crippen molar-refractivity contribution in [2.75, 3.05) is 5.32 Å². The van der Waals surface area contributed by atoms with Gasteiger partial charge in [0.1, 0.15) is 11.9 Å². The molecule has 1 N–H and O–H groups in total. The lowest BCUT2D eigenvalue weighted by Crippen LogP contribution is -2.28. The predicted molar refractivity (Wildman–Crippen MR) is 68.9 cm³/mol. The normalized spacial score (nSPS) is 23.7. The standard InChI is InChI=1S/C12H15BrN2O2/c1-7-5-9(13)11(14-6-7)15-12(16)10-4-3-8(2)17-10/h5-6,8,10H,3-4H2,1-2H3,(H,14,15,16)/t8-,10+/m1/s1. The molecule has 0 radical (unpaired) electrons. The predicted octanol–water partition coefficient (Wildman–Crippen LogP) is 2.66. The summed E-state index contributed by atoms with van der Waals surface area (Å²) in [6, 6.07) is 1.92. The summed E-state index contributed by atoms with van der Waals surface area (Å²) in [5.74, 6) is 0.426. The fraction of sp³-hybridized carbons (Fsp3) is 0.500. The van der Waals surface area contributed by atoms with Crippen molar-refractivity contribution in [3.63, 3.8) is 0 Å². The van der Waals surface area contributed by atoms with Crippen LogP contribution in [-0.4, -0.2) is 23.1 Å². The van der Waals surface area contributed by atoms with Crippen molar-refractivity contribution in [2.45, 2.75) is 38.9 Å². The molecule has 2 atom stereocenters. The third kappa shape index (κ3) is 3.04. The zero-order valence-corrected chi connectivity index (χ0v) is 11.5. The van der Waals surface area contributed by atoms with Gasteiger partial charge in [-0.05, 0) is 54.2 Å². The van der Waals surface area contributed by atoms with Gasteiger partial charge in [-0.25, -0.2) is 4.98 Å². The molecule has 17 heavy (non-hydrogen) atoms. The van der Waals surface area contributed by atoms with E-state index in [1.807, 2.05) is 19.9 Å². The van der Waals surface area contributed by atoms with E-state index in [1.165, 1.54) is 0 Å². The molecule has 1 aromatic rings. The topological polar surface area (TPSA) is 51.2 Å². The highest BCUT2D eigenvalue weighted by molar-refractivity contribution is 9.10. The first-order chi connectivity index (χ1) is 8.06. The molecule has 1 aliphatic heterocycles. The van der Waals surface area contributed by atoms with Crippen LogP contribution in [0, 0.1) is 6.92 Å². The van der Waals surface area contributed by atoms with Gasteiger partial charge in [-0.2, -0.15) is 0 Å². The van der Waals surface area contributed by atoms with E-state index in [9.17, 15) is 4.79 Å². The van der Waals surface area contributed by atoms with E-state index < -0.39 is 0 Å². The van der Waals surface area contributed by atoms with Crippen LogP contribution >= 0.6 is 15.9 Å². The minimum absolute atomic E-state index is 0.119. The van der Waals surface area contributed by atoms with Crippen molar-refractivity contribution in [2.24, 2.45) is 0 Å². The minimum atomic E-state index is -0.347. The summed E-state index contributed by atoms with van der Waals surface area (Å²) in [6.07, 6.45) is 3.25. The van der Waals surface area contributed by atoms with Crippen LogP contribution in [0.1, 0.15) is 25.3 Å². The van der Waals surface area contributed by atoms with Gasteiger partial charge in [0.05, 0.1) is 10.6 Å². The third-order valence-electron chi connectivity index (χ3n) is 2.74. The van der Waals surface area contributed by atoms with Crippen molar-refractivity contribution >= 4 is 27.7 Å². The number of amides is 1. The molecule has 4 nitrogen and oxygen atoms in total. The van der Waals surface area contributed by atoms with E-state index in [2.05, 4.69) is 26.2 Å². The van der Waals surface area contributed by atoms with Crippen molar-refractivity contribution in [3.8, 4) is 0 Å². The Bertz CT molecular complexity index is 437. The molecule has 2 rings (SSSR count). The van der Waals surface area contributed by atoms with Crippen LogP contribution in [-0.2, 0) is 9.53 Å². The van der Waals surface area contributed by atoms with E-state index in [-0.39, 0.29) is 18.1 Å². The van der Waals surface area contributed by atoms with Crippen molar-refractivity contribution in [3.05, 3.63) is 22.3 Å². The zero-order chi connectivity index (χ0) is 12.4. The number of carbonyl (C=O) groups is 1. The number of hydrogen-bond acceptors (Lipinski definition) is 3. The number of hydrogen-bond donors (Lipinski definition) is 1.